The van der Waals surface area contributed by atoms with Crippen LogP contribution in [-0.4, -0.2) is 31.4 Å². The van der Waals surface area contributed by atoms with Gasteiger partial charge >= 0.3 is 6.18 Å². The van der Waals surface area contributed by atoms with Crippen LogP contribution < -0.4 is 15.1 Å². The normalized spacial score (nSPS) is 19.7. The first-order chi connectivity index (χ1) is 16.7. The van der Waals surface area contributed by atoms with Crippen LogP contribution in [0.15, 0.2) is 42.5 Å². The highest BCUT2D eigenvalue weighted by molar-refractivity contribution is 6.04. The summed E-state index contributed by atoms with van der Waals surface area (Å²) < 4.78 is 40.3. The van der Waals surface area contributed by atoms with Crippen molar-refractivity contribution in [1.29, 1.82) is 0 Å². The minimum atomic E-state index is -4.51. The summed E-state index contributed by atoms with van der Waals surface area (Å²) in [5, 5.41) is 2.74. The summed E-state index contributed by atoms with van der Waals surface area (Å²) in [5.41, 5.74) is 1.79. The lowest BCUT2D eigenvalue weighted by molar-refractivity contribution is -0.137. The summed E-state index contributed by atoms with van der Waals surface area (Å²) in [7, 11) is 0. The van der Waals surface area contributed by atoms with Crippen LogP contribution in [0.5, 0.6) is 0 Å². The molecule has 2 unspecified atom stereocenters. The minimum absolute atomic E-state index is 0.0265. The molecule has 0 aliphatic carbocycles. The summed E-state index contributed by atoms with van der Waals surface area (Å²) in [6, 6.07) is 11.2. The molecule has 0 radical (unpaired) electrons. The molecule has 188 valence electrons. The number of rotatable bonds is 6. The monoisotopic (exact) mass is 487 g/mol. The Hall–Kier alpha value is -3.03. The number of para-hydroxylation sites is 1. The van der Waals surface area contributed by atoms with E-state index in [2.05, 4.69) is 19.2 Å². The zero-order valence-electron chi connectivity index (χ0n) is 20.2. The van der Waals surface area contributed by atoms with Crippen molar-refractivity contribution in [1.82, 2.24) is 0 Å². The summed E-state index contributed by atoms with van der Waals surface area (Å²) in [5.74, 6) is -0.971. The third kappa shape index (κ3) is 5.46. The van der Waals surface area contributed by atoms with E-state index in [0.717, 1.165) is 62.2 Å². The quantitative estimate of drug-likeness (QED) is 0.528. The molecular formula is C27H32F3N3O2. The highest BCUT2D eigenvalue weighted by Crippen LogP contribution is 2.38. The van der Waals surface area contributed by atoms with E-state index in [1.807, 2.05) is 29.2 Å². The van der Waals surface area contributed by atoms with Crippen molar-refractivity contribution in [3.63, 3.8) is 0 Å². The molecule has 8 heteroatoms. The van der Waals surface area contributed by atoms with Crippen molar-refractivity contribution in [3.05, 3.63) is 53.6 Å². The Balaban J connectivity index is 1.57. The largest absolute Gasteiger partial charge is 0.416 e. The van der Waals surface area contributed by atoms with E-state index >= 15 is 0 Å². The number of anilines is 3. The van der Waals surface area contributed by atoms with Crippen molar-refractivity contribution in [2.75, 3.05) is 34.8 Å². The van der Waals surface area contributed by atoms with Gasteiger partial charge in [0.15, 0.2) is 0 Å². The second-order valence-corrected chi connectivity index (χ2v) is 9.54. The number of nitrogens with one attached hydrogen (secondary N) is 1. The Labute approximate surface area is 204 Å². The van der Waals surface area contributed by atoms with Crippen LogP contribution in [0.4, 0.5) is 30.2 Å². The predicted octanol–water partition coefficient (Wildman–Crippen LogP) is 6.20. The first-order valence-corrected chi connectivity index (χ1v) is 12.4. The predicted molar refractivity (Wildman–Crippen MR) is 132 cm³/mol. The van der Waals surface area contributed by atoms with Gasteiger partial charge in [-0.15, -0.1) is 0 Å². The lowest BCUT2D eigenvalue weighted by atomic mass is 9.96. The molecule has 2 amide bonds. The highest BCUT2D eigenvalue weighted by atomic mass is 19.4. The molecule has 2 heterocycles. The van der Waals surface area contributed by atoms with Crippen LogP contribution in [0.3, 0.4) is 0 Å². The van der Waals surface area contributed by atoms with Gasteiger partial charge in [-0.3, -0.25) is 9.59 Å². The molecular weight excluding hydrogens is 455 g/mol. The van der Waals surface area contributed by atoms with Gasteiger partial charge in [-0.25, -0.2) is 0 Å². The molecule has 2 saturated heterocycles. The number of carbonyl (C=O) groups excluding carboxylic acids is 2. The Kier molecular flexibility index (Phi) is 7.38. The molecule has 2 aromatic carbocycles. The van der Waals surface area contributed by atoms with E-state index in [1.54, 1.807) is 4.90 Å². The van der Waals surface area contributed by atoms with Gasteiger partial charge in [0.25, 0.3) is 0 Å². The molecule has 0 aromatic heterocycles. The zero-order valence-corrected chi connectivity index (χ0v) is 20.2. The molecule has 4 rings (SSSR count). The number of nitrogens with zero attached hydrogens (tertiary/aromatic N) is 2. The Morgan fingerprint density at radius 2 is 1.80 bits per heavy atom. The second kappa shape index (κ2) is 10.3. The average Bonchev–Trinajstić information content (AvgIpc) is 3.25. The van der Waals surface area contributed by atoms with Gasteiger partial charge < -0.3 is 15.1 Å². The smallest absolute Gasteiger partial charge is 0.370 e. The van der Waals surface area contributed by atoms with Crippen molar-refractivity contribution < 1.29 is 22.8 Å². The summed E-state index contributed by atoms with van der Waals surface area (Å²) in [4.78, 5) is 29.8. The van der Waals surface area contributed by atoms with Crippen LogP contribution >= 0.6 is 0 Å². The van der Waals surface area contributed by atoms with E-state index in [-0.39, 0.29) is 30.5 Å². The summed E-state index contributed by atoms with van der Waals surface area (Å²) >= 11 is 0. The first-order valence-electron chi connectivity index (χ1n) is 12.4. The summed E-state index contributed by atoms with van der Waals surface area (Å²) in [6.45, 7) is 5.85. The fourth-order valence-electron chi connectivity index (χ4n) is 4.94. The maximum atomic E-state index is 13.4. The molecule has 0 saturated carbocycles. The highest BCUT2D eigenvalue weighted by Gasteiger charge is 2.37. The molecule has 2 atom stereocenters. The second-order valence-electron chi connectivity index (χ2n) is 9.54. The van der Waals surface area contributed by atoms with Gasteiger partial charge in [-0.05, 0) is 61.4 Å². The maximum absolute atomic E-state index is 13.4. The first kappa shape index (κ1) is 25.1. The van der Waals surface area contributed by atoms with E-state index in [9.17, 15) is 22.8 Å². The number of hydrogen-bond donors (Lipinski definition) is 1. The topological polar surface area (TPSA) is 52.7 Å². The molecule has 2 aliphatic rings. The Bertz CT molecular complexity index is 1080. The van der Waals surface area contributed by atoms with Crippen molar-refractivity contribution in [2.45, 2.75) is 58.0 Å². The van der Waals surface area contributed by atoms with Crippen LogP contribution in [0.1, 0.15) is 63.0 Å². The number of amides is 2. The number of benzene rings is 2. The standard InChI is InChI=1S/C27H32F3N3O2/c1-3-18(2)21-9-5-6-10-23(21)33-17-19(15-25(33)34)26(35)31-22-16-20(27(28,29)30)11-12-24(22)32-13-7-4-8-14-32/h5-6,9-12,16,18-19H,3-4,7-8,13-15,17H2,1-2H3,(H,31,35). The summed E-state index contributed by atoms with van der Waals surface area (Å²) in [6.07, 6.45) is -0.584. The maximum Gasteiger partial charge on any atom is 0.416 e. The number of carbonyl (C=O) groups is 2. The van der Waals surface area contributed by atoms with Gasteiger partial charge in [-0.2, -0.15) is 13.2 Å². The molecule has 2 aliphatic heterocycles. The SMILES string of the molecule is CCC(C)c1ccccc1N1CC(C(=O)Nc2cc(C(F)(F)F)ccc2N2CCCCC2)CC1=O. The van der Waals surface area contributed by atoms with Crippen LogP contribution in [0, 0.1) is 5.92 Å². The lowest BCUT2D eigenvalue weighted by Gasteiger charge is -2.31. The van der Waals surface area contributed by atoms with Crippen LogP contribution in [0.25, 0.3) is 0 Å². The van der Waals surface area contributed by atoms with Crippen molar-refractivity contribution in [3.8, 4) is 0 Å². The number of piperidine rings is 1. The van der Waals surface area contributed by atoms with E-state index in [0.29, 0.717) is 5.69 Å². The molecule has 0 spiro atoms. The lowest BCUT2D eigenvalue weighted by Crippen LogP contribution is -2.32. The van der Waals surface area contributed by atoms with Gasteiger partial charge in [0, 0.05) is 31.7 Å². The van der Waals surface area contributed by atoms with Crippen LogP contribution in [-0.2, 0) is 15.8 Å². The van der Waals surface area contributed by atoms with Crippen molar-refractivity contribution in [2.24, 2.45) is 5.92 Å². The molecule has 2 fully saturated rings. The third-order valence-electron chi connectivity index (χ3n) is 7.15. The van der Waals surface area contributed by atoms with E-state index in [1.165, 1.54) is 6.07 Å². The van der Waals surface area contributed by atoms with Gasteiger partial charge in [0.05, 0.1) is 22.9 Å². The average molecular weight is 488 g/mol. The van der Waals surface area contributed by atoms with Crippen LogP contribution in [0.2, 0.25) is 0 Å². The molecule has 35 heavy (non-hydrogen) atoms. The molecule has 0 bridgehead atoms. The van der Waals surface area contributed by atoms with Gasteiger partial charge in [0.2, 0.25) is 11.8 Å². The molecule has 1 N–H and O–H groups in total. The minimum Gasteiger partial charge on any atom is -0.370 e. The third-order valence-corrected chi connectivity index (χ3v) is 7.15. The zero-order chi connectivity index (χ0) is 25.2. The van der Waals surface area contributed by atoms with Gasteiger partial charge in [0.1, 0.15) is 0 Å². The van der Waals surface area contributed by atoms with Crippen molar-refractivity contribution >= 4 is 28.9 Å². The van der Waals surface area contributed by atoms with Gasteiger partial charge in [-0.1, -0.05) is 32.0 Å². The number of halogens is 3. The fraction of sp³-hybridized carbons (Fsp3) is 0.481. The van der Waals surface area contributed by atoms with E-state index < -0.39 is 23.6 Å². The number of alkyl halides is 3. The number of hydrogen-bond acceptors (Lipinski definition) is 3. The fourth-order valence-corrected chi connectivity index (χ4v) is 4.94. The van der Waals surface area contributed by atoms with E-state index in [4.69, 9.17) is 0 Å². The Morgan fingerprint density at radius 1 is 1.09 bits per heavy atom. The molecule has 5 nitrogen and oxygen atoms in total. The molecule has 2 aromatic rings. The Morgan fingerprint density at radius 3 is 2.49 bits per heavy atom.